The number of para-hydroxylation sites is 1. The highest BCUT2D eigenvalue weighted by Gasteiger charge is 2.14. The summed E-state index contributed by atoms with van der Waals surface area (Å²) in [6, 6.07) is 14.0. The molecule has 2 heterocycles. The molecule has 0 aliphatic rings. The van der Waals surface area contributed by atoms with E-state index in [1.165, 1.54) is 5.56 Å². The van der Waals surface area contributed by atoms with Crippen LogP contribution in [0, 0.1) is 0 Å². The van der Waals surface area contributed by atoms with Crippen LogP contribution in [0.4, 0.5) is 0 Å². The molecule has 2 N–H and O–H groups in total. The number of hydrogen-bond donors (Lipinski definition) is 1. The second-order valence-corrected chi connectivity index (χ2v) is 4.84. The number of nitrogens with zero attached hydrogens (tertiary/aromatic N) is 2. The smallest absolute Gasteiger partial charge is 0.0744 e. The maximum Gasteiger partial charge on any atom is 0.0744 e. The largest absolute Gasteiger partial charge is 0.319 e. The zero-order chi connectivity index (χ0) is 13.9. The van der Waals surface area contributed by atoms with Gasteiger partial charge in [0.25, 0.3) is 0 Å². The molecule has 2 aromatic heterocycles. The van der Waals surface area contributed by atoms with E-state index in [9.17, 15) is 0 Å². The third-order valence-corrected chi connectivity index (χ3v) is 3.57. The van der Waals surface area contributed by atoms with Gasteiger partial charge in [-0.3, -0.25) is 9.97 Å². The van der Waals surface area contributed by atoms with Crippen molar-refractivity contribution in [1.82, 2.24) is 9.97 Å². The maximum absolute atomic E-state index is 6.38. The van der Waals surface area contributed by atoms with E-state index in [-0.39, 0.29) is 6.04 Å². The molecule has 0 bridgehead atoms. The van der Waals surface area contributed by atoms with Gasteiger partial charge in [-0.1, -0.05) is 31.2 Å². The lowest BCUT2D eigenvalue weighted by atomic mass is 9.99. The Balaban J connectivity index is 2.05. The van der Waals surface area contributed by atoms with Crippen LogP contribution < -0.4 is 5.73 Å². The van der Waals surface area contributed by atoms with Crippen molar-refractivity contribution in [2.45, 2.75) is 19.4 Å². The fourth-order valence-corrected chi connectivity index (χ4v) is 2.45. The molecule has 3 aromatic rings. The third-order valence-electron chi connectivity index (χ3n) is 3.57. The Kier molecular flexibility index (Phi) is 3.44. The van der Waals surface area contributed by atoms with Gasteiger partial charge in [0.05, 0.1) is 17.3 Å². The van der Waals surface area contributed by atoms with Gasteiger partial charge in [-0.05, 0) is 35.7 Å². The molecule has 100 valence electrons. The molecule has 3 nitrogen and oxygen atoms in total. The minimum Gasteiger partial charge on any atom is -0.319 e. The molecule has 0 spiro atoms. The quantitative estimate of drug-likeness (QED) is 0.789. The molecule has 3 heteroatoms. The Labute approximate surface area is 118 Å². The number of aromatic nitrogens is 2. The van der Waals surface area contributed by atoms with Gasteiger partial charge in [0, 0.05) is 17.8 Å². The summed E-state index contributed by atoms with van der Waals surface area (Å²) < 4.78 is 0. The van der Waals surface area contributed by atoms with Crippen molar-refractivity contribution in [3.8, 4) is 0 Å². The molecule has 20 heavy (non-hydrogen) atoms. The van der Waals surface area contributed by atoms with Crippen LogP contribution in [0.1, 0.15) is 29.8 Å². The zero-order valence-electron chi connectivity index (χ0n) is 11.5. The molecule has 0 radical (unpaired) electrons. The molecule has 0 aliphatic carbocycles. The second-order valence-electron chi connectivity index (χ2n) is 4.84. The molecule has 1 unspecified atom stereocenters. The van der Waals surface area contributed by atoms with E-state index in [1.807, 2.05) is 30.5 Å². The van der Waals surface area contributed by atoms with Gasteiger partial charge in [0.15, 0.2) is 0 Å². The van der Waals surface area contributed by atoms with Crippen LogP contribution in [-0.4, -0.2) is 9.97 Å². The predicted octanol–water partition coefficient (Wildman–Crippen LogP) is 3.24. The molecule has 0 amide bonds. The van der Waals surface area contributed by atoms with Crippen LogP contribution in [0.2, 0.25) is 0 Å². The van der Waals surface area contributed by atoms with Crippen LogP contribution >= 0.6 is 0 Å². The van der Waals surface area contributed by atoms with Gasteiger partial charge < -0.3 is 5.73 Å². The van der Waals surface area contributed by atoms with Gasteiger partial charge in [-0.15, -0.1) is 0 Å². The van der Waals surface area contributed by atoms with Crippen LogP contribution in [0.5, 0.6) is 0 Å². The zero-order valence-corrected chi connectivity index (χ0v) is 11.5. The summed E-state index contributed by atoms with van der Waals surface area (Å²) in [6.45, 7) is 2.12. The number of benzene rings is 1. The maximum atomic E-state index is 6.38. The summed E-state index contributed by atoms with van der Waals surface area (Å²) in [5.41, 5.74) is 10.5. The Morgan fingerprint density at radius 3 is 2.80 bits per heavy atom. The summed E-state index contributed by atoms with van der Waals surface area (Å²) in [7, 11) is 0. The van der Waals surface area contributed by atoms with Crippen molar-refractivity contribution in [2.75, 3.05) is 0 Å². The predicted molar refractivity (Wildman–Crippen MR) is 81.4 cm³/mol. The highest BCUT2D eigenvalue weighted by Crippen LogP contribution is 2.23. The van der Waals surface area contributed by atoms with Crippen molar-refractivity contribution >= 4 is 10.9 Å². The second kappa shape index (κ2) is 5.39. The number of nitrogens with two attached hydrogens (primary N) is 1. The first-order valence-electron chi connectivity index (χ1n) is 6.83. The summed E-state index contributed by atoms with van der Waals surface area (Å²) in [6.07, 6.45) is 4.57. The van der Waals surface area contributed by atoms with E-state index < -0.39 is 0 Å². The number of hydrogen-bond acceptors (Lipinski definition) is 3. The molecule has 0 aliphatic heterocycles. The summed E-state index contributed by atoms with van der Waals surface area (Å²) in [5.74, 6) is 0. The van der Waals surface area contributed by atoms with E-state index in [4.69, 9.17) is 5.73 Å². The average Bonchev–Trinajstić information content (AvgIpc) is 2.53. The lowest BCUT2D eigenvalue weighted by molar-refractivity contribution is 0.803. The molecule has 1 atom stereocenters. The average molecular weight is 263 g/mol. The number of pyridine rings is 2. The Morgan fingerprint density at radius 2 is 1.95 bits per heavy atom. The van der Waals surface area contributed by atoms with Gasteiger partial charge in [0.2, 0.25) is 0 Å². The Hall–Kier alpha value is -2.26. The minimum absolute atomic E-state index is 0.233. The number of rotatable bonds is 3. The number of fused-ring (bicyclic) bond motifs is 1. The molecule has 1 aromatic carbocycles. The van der Waals surface area contributed by atoms with E-state index >= 15 is 0 Å². The first-order chi connectivity index (χ1) is 9.79. The monoisotopic (exact) mass is 263 g/mol. The molecular formula is C17H17N3. The molecule has 0 fully saturated rings. The van der Waals surface area contributed by atoms with E-state index in [0.29, 0.717) is 0 Å². The normalized spacial score (nSPS) is 12.5. The fraction of sp³-hybridized carbons (Fsp3) is 0.176. The Bertz CT molecular complexity index is 737. The minimum atomic E-state index is -0.233. The van der Waals surface area contributed by atoms with Crippen LogP contribution in [-0.2, 0) is 6.42 Å². The van der Waals surface area contributed by atoms with E-state index in [1.54, 1.807) is 6.20 Å². The molecule has 0 saturated heterocycles. The van der Waals surface area contributed by atoms with Crippen molar-refractivity contribution < 1.29 is 0 Å². The first-order valence-corrected chi connectivity index (χ1v) is 6.83. The third kappa shape index (κ3) is 2.28. The standard InChI is InChI=1S/C17H17N3/c1-2-12-7-5-9-19-17(12)16(18)14-10-13-6-3-4-8-15(13)20-11-14/h3-11,16H,2,18H2,1H3. The fourth-order valence-electron chi connectivity index (χ4n) is 2.45. The molecular weight excluding hydrogens is 246 g/mol. The lowest BCUT2D eigenvalue weighted by Crippen LogP contribution is -2.16. The summed E-state index contributed by atoms with van der Waals surface area (Å²) in [4.78, 5) is 8.93. The van der Waals surface area contributed by atoms with Crippen molar-refractivity contribution in [3.63, 3.8) is 0 Å². The van der Waals surface area contributed by atoms with Crippen molar-refractivity contribution in [1.29, 1.82) is 0 Å². The van der Waals surface area contributed by atoms with Crippen LogP contribution in [0.15, 0.2) is 54.9 Å². The van der Waals surface area contributed by atoms with Gasteiger partial charge >= 0.3 is 0 Å². The summed E-state index contributed by atoms with van der Waals surface area (Å²) in [5, 5.41) is 1.11. The van der Waals surface area contributed by atoms with Crippen LogP contribution in [0.3, 0.4) is 0 Å². The van der Waals surface area contributed by atoms with Gasteiger partial charge in [-0.2, -0.15) is 0 Å². The first kappa shape index (κ1) is 12.8. The van der Waals surface area contributed by atoms with Crippen LogP contribution in [0.25, 0.3) is 10.9 Å². The Morgan fingerprint density at radius 1 is 1.10 bits per heavy atom. The molecule has 3 rings (SSSR count). The highest BCUT2D eigenvalue weighted by atomic mass is 14.8. The number of aryl methyl sites for hydroxylation is 1. The topological polar surface area (TPSA) is 51.8 Å². The lowest BCUT2D eigenvalue weighted by Gasteiger charge is -2.15. The van der Waals surface area contributed by atoms with Gasteiger partial charge in [0.1, 0.15) is 0 Å². The van der Waals surface area contributed by atoms with Gasteiger partial charge in [-0.25, -0.2) is 0 Å². The van der Waals surface area contributed by atoms with Crippen molar-refractivity contribution in [2.24, 2.45) is 5.73 Å². The van der Waals surface area contributed by atoms with Crippen molar-refractivity contribution in [3.05, 3.63) is 71.7 Å². The van der Waals surface area contributed by atoms with E-state index in [2.05, 4.69) is 35.1 Å². The SMILES string of the molecule is CCc1cccnc1C(N)c1cnc2ccccc2c1. The molecule has 0 saturated carbocycles. The van der Waals surface area contributed by atoms with E-state index in [0.717, 1.165) is 28.6 Å². The highest BCUT2D eigenvalue weighted by molar-refractivity contribution is 5.78. The summed E-state index contributed by atoms with van der Waals surface area (Å²) >= 11 is 0.